The number of nitrogens with zero attached hydrogens (tertiary/aromatic N) is 2. The van der Waals surface area contributed by atoms with Gasteiger partial charge in [0.25, 0.3) is 5.56 Å². The summed E-state index contributed by atoms with van der Waals surface area (Å²) < 4.78 is 1.67. The van der Waals surface area contributed by atoms with Gasteiger partial charge in [0.05, 0.1) is 16.3 Å². The summed E-state index contributed by atoms with van der Waals surface area (Å²) in [5, 5.41) is 3.01. The molecule has 1 saturated carbocycles. The maximum absolute atomic E-state index is 13.6. The van der Waals surface area contributed by atoms with E-state index in [1.807, 2.05) is 67.6 Å². The average Bonchev–Trinajstić information content (AvgIpc) is 3.53. The third kappa shape index (κ3) is 3.50. The maximum atomic E-state index is 13.6. The van der Waals surface area contributed by atoms with Crippen LogP contribution >= 0.6 is 23.1 Å². The minimum Gasteiger partial charge on any atom is -0.293 e. The van der Waals surface area contributed by atoms with Crippen LogP contribution in [0.4, 0.5) is 0 Å². The van der Waals surface area contributed by atoms with Crippen LogP contribution in [0.5, 0.6) is 0 Å². The molecule has 0 aliphatic heterocycles. The quantitative estimate of drug-likeness (QED) is 0.223. The van der Waals surface area contributed by atoms with Crippen LogP contribution in [0.2, 0.25) is 0 Å². The molecule has 30 heavy (non-hydrogen) atoms. The van der Waals surface area contributed by atoms with E-state index in [0.717, 1.165) is 34.3 Å². The molecule has 1 aliphatic rings. The summed E-state index contributed by atoms with van der Waals surface area (Å²) in [5.74, 6) is 0.508. The number of carbonyl (C=O) groups excluding carboxylic acids is 1. The number of para-hydroxylation sites is 1. The molecule has 0 saturated heterocycles. The Labute approximate surface area is 182 Å². The molecule has 0 radical (unpaired) electrons. The number of hydrogen-bond donors (Lipinski definition) is 0. The van der Waals surface area contributed by atoms with Crippen molar-refractivity contribution in [1.29, 1.82) is 0 Å². The predicted octanol–water partition coefficient (Wildman–Crippen LogP) is 5.69. The molecule has 0 spiro atoms. The molecule has 2 aromatic carbocycles. The second-order valence-electron chi connectivity index (χ2n) is 7.51. The summed E-state index contributed by atoms with van der Waals surface area (Å²) in [4.78, 5) is 32.1. The van der Waals surface area contributed by atoms with Crippen LogP contribution < -0.4 is 5.56 Å². The molecule has 1 aliphatic carbocycles. The van der Waals surface area contributed by atoms with Crippen LogP contribution in [0.1, 0.15) is 41.6 Å². The van der Waals surface area contributed by atoms with Crippen molar-refractivity contribution >= 4 is 39.1 Å². The number of ketones is 1. The molecule has 6 heteroatoms. The zero-order valence-corrected chi connectivity index (χ0v) is 18.1. The summed E-state index contributed by atoms with van der Waals surface area (Å²) in [6.45, 7) is 1.87. The van der Waals surface area contributed by atoms with Crippen LogP contribution in [-0.2, 0) is 0 Å². The molecule has 2 aromatic heterocycles. The van der Waals surface area contributed by atoms with Crippen LogP contribution in [0.3, 0.4) is 0 Å². The summed E-state index contributed by atoms with van der Waals surface area (Å²) in [6, 6.07) is 18.8. The first-order valence-electron chi connectivity index (χ1n) is 9.99. The number of rotatable bonds is 6. The largest absolute Gasteiger partial charge is 0.293 e. The van der Waals surface area contributed by atoms with E-state index in [9.17, 15) is 9.59 Å². The van der Waals surface area contributed by atoms with E-state index in [-0.39, 0.29) is 16.6 Å². The zero-order chi connectivity index (χ0) is 20.7. The van der Waals surface area contributed by atoms with Gasteiger partial charge in [-0.15, -0.1) is 11.3 Å². The highest BCUT2D eigenvalue weighted by molar-refractivity contribution is 8.00. The number of fused-ring (bicyclic) bond motifs is 1. The van der Waals surface area contributed by atoms with E-state index in [2.05, 4.69) is 5.38 Å². The molecule has 2 heterocycles. The standard InChI is InChI=1S/C24H20N2O2S2/c1-15(21(27)17-8-4-2-5-9-17)30-24-25-22-20(19(14-29-22)16-12-13-16)23(28)26(24)18-10-6-3-7-11-18/h2-11,14-16H,12-13H2,1H3. The first-order chi connectivity index (χ1) is 14.6. The summed E-state index contributed by atoms with van der Waals surface area (Å²) in [7, 11) is 0. The van der Waals surface area contributed by atoms with Gasteiger partial charge in [-0.1, -0.05) is 60.3 Å². The summed E-state index contributed by atoms with van der Waals surface area (Å²) >= 11 is 2.86. The molecule has 0 amide bonds. The second-order valence-corrected chi connectivity index (χ2v) is 9.67. The van der Waals surface area contributed by atoms with Crippen molar-refractivity contribution in [3.8, 4) is 5.69 Å². The van der Waals surface area contributed by atoms with Crippen LogP contribution in [0.15, 0.2) is 76.0 Å². The van der Waals surface area contributed by atoms with E-state index in [1.54, 1.807) is 4.57 Å². The van der Waals surface area contributed by atoms with Gasteiger partial charge in [0.15, 0.2) is 10.9 Å². The number of thiophene rings is 1. The molecule has 1 fully saturated rings. The van der Waals surface area contributed by atoms with Crippen molar-refractivity contribution in [1.82, 2.24) is 9.55 Å². The van der Waals surface area contributed by atoms with Gasteiger partial charge in [-0.25, -0.2) is 4.98 Å². The van der Waals surface area contributed by atoms with E-state index in [0.29, 0.717) is 16.6 Å². The highest BCUT2D eigenvalue weighted by Gasteiger charge is 2.29. The predicted molar refractivity (Wildman–Crippen MR) is 123 cm³/mol. The lowest BCUT2D eigenvalue weighted by Gasteiger charge is -2.15. The summed E-state index contributed by atoms with van der Waals surface area (Å²) in [5.41, 5.74) is 2.52. The zero-order valence-electron chi connectivity index (χ0n) is 16.4. The molecular formula is C24H20N2O2S2. The van der Waals surface area contributed by atoms with Crippen LogP contribution in [0, 0.1) is 0 Å². The lowest BCUT2D eigenvalue weighted by atomic mass is 10.1. The Bertz CT molecular complexity index is 1280. The number of carbonyl (C=O) groups is 1. The number of benzene rings is 2. The Morgan fingerprint density at radius 1 is 1.10 bits per heavy atom. The van der Waals surface area contributed by atoms with Gasteiger partial charge in [-0.3, -0.25) is 14.2 Å². The third-order valence-electron chi connectivity index (χ3n) is 5.35. The first-order valence-corrected chi connectivity index (χ1v) is 11.7. The Hall–Kier alpha value is -2.70. The fourth-order valence-corrected chi connectivity index (χ4v) is 5.69. The van der Waals surface area contributed by atoms with Crippen molar-refractivity contribution in [2.75, 3.05) is 0 Å². The monoisotopic (exact) mass is 432 g/mol. The average molecular weight is 433 g/mol. The Morgan fingerprint density at radius 3 is 2.43 bits per heavy atom. The third-order valence-corrected chi connectivity index (χ3v) is 7.29. The minimum absolute atomic E-state index is 0.0272. The van der Waals surface area contributed by atoms with E-state index >= 15 is 0 Å². The topological polar surface area (TPSA) is 52.0 Å². The van der Waals surface area contributed by atoms with E-state index in [4.69, 9.17) is 4.98 Å². The van der Waals surface area contributed by atoms with Crippen molar-refractivity contribution in [3.05, 3.63) is 87.5 Å². The lowest BCUT2D eigenvalue weighted by molar-refractivity contribution is 0.0994. The van der Waals surface area contributed by atoms with Gasteiger partial charge in [0.1, 0.15) is 4.83 Å². The summed E-state index contributed by atoms with van der Waals surface area (Å²) in [6.07, 6.45) is 2.27. The van der Waals surface area contributed by atoms with Crippen LogP contribution in [-0.4, -0.2) is 20.6 Å². The van der Waals surface area contributed by atoms with Crippen molar-refractivity contribution in [2.24, 2.45) is 0 Å². The van der Waals surface area contributed by atoms with Gasteiger partial charge >= 0.3 is 0 Å². The Kier molecular flexibility index (Phi) is 5.05. The molecule has 150 valence electrons. The molecule has 0 bridgehead atoms. The SMILES string of the molecule is CC(Sc1nc2scc(C3CC3)c2c(=O)n1-c1ccccc1)C(=O)c1ccccc1. The smallest absolute Gasteiger partial charge is 0.267 e. The molecule has 5 rings (SSSR count). The number of Topliss-reactive ketones (excluding diaryl/α,β-unsaturated/α-hetero) is 1. The molecule has 1 atom stereocenters. The first kappa shape index (κ1) is 19.3. The van der Waals surface area contributed by atoms with E-state index in [1.165, 1.54) is 23.1 Å². The number of thioether (sulfide) groups is 1. The maximum Gasteiger partial charge on any atom is 0.267 e. The normalized spacial score (nSPS) is 14.7. The van der Waals surface area contributed by atoms with Crippen molar-refractivity contribution < 1.29 is 4.79 Å². The van der Waals surface area contributed by atoms with Gasteiger partial charge in [-0.05, 0) is 48.8 Å². The van der Waals surface area contributed by atoms with Crippen molar-refractivity contribution in [2.45, 2.75) is 36.1 Å². The van der Waals surface area contributed by atoms with Gasteiger partial charge in [0.2, 0.25) is 0 Å². The molecule has 1 unspecified atom stereocenters. The Morgan fingerprint density at radius 2 is 1.77 bits per heavy atom. The fraction of sp³-hybridized carbons (Fsp3) is 0.208. The van der Waals surface area contributed by atoms with Gasteiger partial charge in [0, 0.05) is 5.56 Å². The molecular weight excluding hydrogens is 412 g/mol. The highest BCUT2D eigenvalue weighted by atomic mass is 32.2. The molecule has 4 aromatic rings. The second kappa shape index (κ2) is 7.85. The number of aromatic nitrogens is 2. The Balaban J connectivity index is 1.62. The number of hydrogen-bond acceptors (Lipinski definition) is 5. The molecule has 0 N–H and O–H groups in total. The lowest BCUT2D eigenvalue weighted by Crippen LogP contribution is -2.23. The van der Waals surface area contributed by atoms with Crippen LogP contribution in [0.25, 0.3) is 15.9 Å². The van der Waals surface area contributed by atoms with Gasteiger partial charge in [-0.2, -0.15) is 0 Å². The van der Waals surface area contributed by atoms with Crippen molar-refractivity contribution in [3.63, 3.8) is 0 Å². The molecule has 4 nitrogen and oxygen atoms in total. The minimum atomic E-state index is -0.366. The fourth-order valence-electron chi connectivity index (χ4n) is 3.62. The van der Waals surface area contributed by atoms with E-state index < -0.39 is 0 Å². The van der Waals surface area contributed by atoms with Gasteiger partial charge < -0.3 is 0 Å². The highest BCUT2D eigenvalue weighted by Crippen LogP contribution is 2.44.